The highest BCUT2D eigenvalue weighted by Gasteiger charge is 2.58. The zero-order valence-corrected chi connectivity index (χ0v) is 29.3. The number of ether oxygens (including phenoxy) is 11. The summed E-state index contributed by atoms with van der Waals surface area (Å²) in [4.78, 5) is 50.7. The Morgan fingerprint density at radius 3 is 1.11 bits per heavy atom. The molecule has 4 rings (SSSR count). The van der Waals surface area contributed by atoms with Gasteiger partial charge in [-0.15, -0.1) is 0 Å². The minimum absolute atomic E-state index is 0.342. The molecule has 28 heteroatoms. The molecule has 4 aliphatic rings. The Kier molecular flexibility index (Phi) is 16.7. The first-order valence-corrected chi connectivity index (χ1v) is 16.8. The number of carbonyl (C=O) groups excluding carboxylic acids is 4. The van der Waals surface area contributed by atoms with Crippen LogP contribution >= 0.6 is 0 Å². The molecule has 0 amide bonds. The van der Waals surface area contributed by atoms with E-state index in [-0.39, 0.29) is 6.61 Å². The molecule has 0 spiro atoms. The maximum absolute atomic E-state index is 13.1. The lowest BCUT2D eigenvalue weighted by atomic mass is 9.95. The number of carbonyl (C=O) groups is 4. The van der Waals surface area contributed by atoms with Gasteiger partial charge in [-0.3, -0.25) is 0 Å². The second-order valence-corrected chi connectivity index (χ2v) is 12.5. The van der Waals surface area contributed by atoms with Crippen molar-refractivity contribution in [1.82, 2.24) is 0 Å². The fraction of sp³-hybridized carbons (Fsp3) is 0.862. The standard InChI is InChI=1S/C29H44O28/c1-2-47-24(44)20-16(53-27-12(39)6(33)7(34)18(55-27)23(43)48-3-30)9(36)13(40)29(56-20)54-17-10(37)14(41)28(57-21(17)26(46)50-5-32)52-15-8(35)11(38)22(42)51-19(15)25(45)49-4-31/h6-22,27-42H,2-5H2,1H3/t6-,7+,8+,9+,10+,11+,12+,13+,14+,15+,16+,17+,18-,19-,20-,21-,22-,27-,28-,29-/m0/s1. The van der Waals surface area contributed by atoms with Gasteiger partial charge in [-0.25, -0.2) is 19.2 Å². The second kappa shape index (κ2) is 20.4. The number of esters is 4. The fourth-order valence-electron chi connectivity index (χ4n) is 6.06. The van der Waals surface area contributed by atoms with Crippen molar-refractivity contribution in [3.8, 4) is 0 Å². The molecule has 4 saturated heterocycles. The Morgan fingerprint density at radius 2 is 0.719 bits per heavy atom. The molecule has 0 aromatic carbocycles. The van der Waals surface area contributed by atoms with Crippen LogP contribution in [0.4, 0.5) is 0 Å². The van der Waals surface area contributed by atoms with Crippen LogP contribution in [-0.2, 0) is 71.3 Å². The molecule has 328 valence electrons. The van der Waals surface area contributed by atoms with Gasteiger partial charge in [0.05, 0.1) is 6.61 Å². The molecule has 0 radical (unpaired) electrons. The molecule has 0 saturated carbocycles. The van der Waals surface area contributed by atoms with Gasteiger partial charge in [-0.05, 0) is 6.92 Å². The summed E-state index contributed by atoms with van der Waals surface area (Å²) in [6, 6.07) is 0. The van der Waals surface area contributed by atoms with E-state index in [0.29, 0.717) is 0 Å². The molecule has 4 heterocycles. The Bertz CT molecular complexity index is 1350. The molecule has 0 aromatic rings. The SMILES string of the molecule is CCOC(=O)[C@H]1O[C@H](O[C@@H]2[C@H](O)[C@@H](O)[C@@H](O[C@@H]3[C@H](O)[C@@H](O)[C@@H](O)O[C@@H]3C(=O)OCO)O[C@@H]2C(=O)OCO)[C@H](O)[C@@H](O)[C@H]1O[C@H]1O[C@H](C(=O)OCO)[C@H](O)[C@H](O)[C@H]1O. The van der Waals surface area contributed by atoms with E-state index in [4.69, 9.17) is 48.1 Å². The van der Waals surface area contributed by atoms with Crippen molar-refractivity contribution in [3.63, 3.8) is 0 Å². The molecule has 20 atom stereocenters. The third kappa shape index (κ3) is 10.1. The average Bonchev–Trinajstić information content (AvgIpc) is 3.17. The molecule has 0 aromatic heterocycles. The van der Waals surface area contributed by atoms with Gasteiger partial charge in [0.15, 0.2) is 70.0 Å². The van der Waals surface area contributed by atoms with E-state index in [1.165, 1.54) is 6.92 Å². The lowest BCUT2D eigenvalue weighted by Gasteiger charge is -2.48. The van der Waals surface area contributed by atoms with Crippen LogP contribution in [0.3, 0.4) is 0 Å². The molecule has 28 nitrogen and oxygen atoms in total. The first-order chi connectivity index (χ1) is 26.9. The summed E-state index contributed by atoms with van der Waals surface area (Å²) in [7, 11) is 0. The van der Waals surface area contributed by atoms with Crippen LogP contribution in [0.25, 0.3) is 0 Å². The molecule has 4 fully saturated rings. The van der Waals surface area contributed by atoms with Gasteiger partial charge in [-0.2, -0.15) is 0 Å². The number of hydrogen-bond acceptors (Lipinski definition) is 28. The van der Waals surface area contributed by atoms with E-state index in [0.717, 1.165) is 0 Å². The van der Waals surface area contributed by atoms with E-state index in [9.17, 15) is 75.3 Å². The summed E-state index contributed by atoms with van der Waals surface area (Å²) in [5.74, 6) is -5.86. The predicted molar refractivity (Wildman–Crippen MR) is 162 cm³/mol. The number of rotatable bonds is 14. The predicted octanol–water partition coefficient (Wildman–Crippen LogP) is -10.7. The summed E-state index contributed by atoms with van der Waals surface area (Å²) >= 11 is 0. The van der Waals surface area contributed by atoms with Crippen LogP contribution in [0.2, 0.25) is 0 Å². The van der Waals surface area contributed by atoms with E-state index < -0.39 is 167 Å². The third-order valence-corrected chi connectivity index (χ3v) is 8.93. The van der Waals surface area contributed by atoms with E-state index in [1.807, 2.05) is 0 Å². The minimum atomic E-state index is -2.42. The van der Waals surface area contributed by atoms with Crippen molar-refractivity contribution in [2.24, 2.45) is 0 Å². The van der Waals surface area contributed by atoms with Crippen molar-refractivity contribution in [3.05, 3.63) is 0 Å². The van der Waals surface area contributed by atoms with E-state index >= 15 is 0 Å². The smallest absolute Gasteiger partial charge is 0.340 e. The highest BCUT2D eigenvalue weighted by molar-refractivity contribution is 5.77. The van der Waals surface area contributed by atoms with Crippen LogP contribution in [0.1, 0.15) is 6.92 Å². The van der Waals surface area contributed by atoms with Gasteiger partial charge in [-0.1, -0.05) is 0 Å². The first-order valence-electron chi connectivity index (χ1n) is 16.8. The largest absolute Gasteiger partial charge is 0.464 e. The number of aliphatic hydroxyl groups is 13. The third-order valence-electron chi connectivity index (χ3n) is 8.93. The van der Waals surface area contributed by atoms with Crippen LogP contribution < -0.4 is 0 Å². The van der Waals surface area contributed by atoms with Crippen molar-refractivity contribution in [1.29, 1.82) is 0 Å². The van der Waals surface area contributed by atoms with Gasteiger partial charge in [0.2, 0.25) is 0 Å². The van der Waals surface area contributed by atoms with Crippen molar-refractivity contribution in [2.75, 3.05) is 27.0 Å². The van der Waals surface area contributed by atoms with Crippen LogP contribution in [0, 0.1) is 0 Å². The average molecular weight is 841 g/mol. The molecule has 4 aliphatic heterocycles. The van der Waals surface area contributed by atoms with Gasteiger partial charge in [0.25, 0.3) is 0 Å². The van der Waals surface area contributed by atoms with E-state index in [2.05, 4.69) is 14.2 Å². The lowest BCUT2D eigenvalue weighted by Crippen LogP contribution is -2.68. The molecule has 0 bridgehead atoms. The van der Waals surface area contributed by atoms with Gasteiger partial charge >= 0.3 is 23.9 Å². The molecule has 57 heavy (non-hydrogen) atoms. The first kappa shape index (κ1) is 46.8. The van der Waals surface area contributed by atoms with Crippen LogP contribution in [-0.4, -0.2) is 240 Å². The lowest BCUT2D eigenvalue weighted by molar-refractivity contribution is -0.379. The highest BCUT2D eigenvalue weighted by Crippen LogP contribution is 2.35. The fourth-order valence-corrected chi connectivity index (χ4v) is 6.06. The molecular formula is C29H44O28. The zero-order chi connectivity index (χ0) is 42.5. The van der Waals surface area contributed by atoms with Crippen LogP contribution in [0.15, 0.2) is 0 Å². The molecular weight excluding hydrogens is 796 g/mol. The van der Waals surface area contributed by atoms with Gasteiger partial charge in [0, 0.05) is 0 Å². The summed E-state index contributed by atoms with van der Waals surface area (Å²) < 4.78 is 55.5. The van der Waals surface area contributed by atoms with E-state index in [1.54, 1.807) is 0 Å². The molecule has 13 N–H and O–H groups in total. The molecule has 0 aliphatic carbocycles. The summed E-state index contributed by atoms with van der Waals surface area (Å²) in [6.07, 6.45) is -44.9. The Morgan fingerprint density at radius 1 is 0.404 bits per heavy atom. The molecule has 0 unspecified atom stereocenters. The summed E-state index contributed by atoms with van der Waals surface area (Å²) in [5.41, 5.74) is 0. The van der Waals surface area contributed by atoms with Gasteiger partial charge < -0.3 is 118 Å². The maximum Gasteiger partial charge on any atom is 0.340 e. The van der Waals surface area contributed by atoms with Crippen molar-refractivity contribution < 1.29 is 138 Å². The Balaban J connectivity index is 1.59. The normalized spacial score (nSPS) is 43.8. The van der Waals surface area contributed by atoms with Gasteiger partial charge in [0.1, 0.15) is 73.2 Å². The zero-order valence-electron chi connectivity index (χ0n) is 29.3. The summed E-state index contributed by atoms with van der Waals surface area (Å²) in [6.45, 7) is -2.75. The minimum Gasteiger partial charge on any atom is -0.464 e. The quantitative estimate of drug-likeness (QED) is 0.0439. The highest BCUT2D eigenvalue weighted by atomic mass is 16.8. The second-order valence-electron chi connectivity index (χ2n) is 12.5. The Hall–Kier alpha value is -2.92. The number of aliphatic hydroxyl groups excluding tert-OH is 13. The summed E-state index contributed by atoms with van der Waals surface area (Å²) in [5, 5.41) is 133. The monoisotopic (exact) mass is 840 g/mol. The number of hydrogen-bond donors (Lipinski definition) is 13. The van der Waals surface area contributed by atoms with Crippen molar-refractivity contribution >= 4 is 23.9 Å². The topological polar surface area (TPSA) is 433 Å². The van der Waals surface area contributed by atoms with Crippen molar-refractivity contribution in [2.45, 2.75) is 130 Å². The Labute approximate surface area is 318 Å². The maximum atomic E-state index is 13.1. The van der Waals surface area contributed by atoms with Crippen LogP contribution in [0.5, 0.6) is 0 Å².